The highest BCUT2D eigenvalue weighted by atomic mass is 79.9. The molecule has 112 valence electrons. The zero-order chi connectivity index (χ0) is 15.2. The molecule has 0 saturated carbocycles. The van der Waals surface area contributed by atoms with E-state index in [0.717, 1.165) is 28.9 Å². The van der Waals surface area contributed by atoms with Crippen molar-refractivity contribution in [1.82, 2.24) is 5.32 Å². The second-order valence-corrected chi connectivity index (χ2v) is 6.65. The van der Waals surface area contributed by atoms with Crippen molar-refractivity contribution in [2.24, 2.45) is 0 Å². The molecular formula is C18H21BrClN. The van der Waals surface area contributed by atoms with Crippen molar-refractivity contribution in [2.75, 3.05) is 6.54 Å². The number of hydrogen-bond acceptors (Lipinski definition) is 1. The molecule has 0 heterocycles. The first-order valence-corrected chi connectivity index (χ1v) is 8.51. The van der Waals surface area contributed by atoms with Gasteiger partial charge in [-0.2, -0.15) is 0 Å². The van der Waals surface area contributed by atoms with Crippen molar-refractivity contribution < 1.29 is 0 Å². The standard InChI is InChI=1S/C18H21BrClN/c1-3-10-21-18(11-14-6-4-13(2)5-7-14)16-12-15(20)8-9-17(16)19/h4-9,12,18,21H,3,10-11H2,1-2H3. The van der Waals surface area contributed by atoms with E-state index in [4.69, 9.17) is 11.6 Å². The summed E-state index contributed by atoms with van der Waals surface area (Å²) in [6.45, 7) is 5.29. The molecule has 0 aliphatic carbocycles. The fourth-order valence-electron chi connectivity index (χ4n) is 2.35. The molecule has 2 rings (SSSR count). The number of nitrogens with one attached hydrogen (secondary N) is 1. The van der Waals surface area contributed by atoms with Gasteiger partial charge in [0.05, 0.1) is 0 Å². The van der Waals surface area contributed by atoms with Crippen molar-refractivity contribution in [3.63, 3.8) is 0 Å². The van der Waals surface area contributed by atoms with Gasteiger partial charge in [0.1, 0.15) is 0 Å². The Morgan fingerprint density at radius 1 is 1.14 bits per heavy atom. The summed E-state index contributed by atoms with van der Waals surface area (Å²) in [6, 6.07) is 15.0. The summed E-state index contributed by atoms with van der Waals surface area (Å²) in [4.78, 5) is 0. The van der Waals surface area contributed by atoms with Crippen LogP contribution in [0.5, 0.6) is 0 Å². The molecule has 0 aromatic heterocycles. The molecule has 0 spiro atoms. The topological polar surface area (TPSA) is 12.0 Å². The molecule has 0 aliphatic rings. The van der Waals surface area contributed by atoms with Crippen LogP contribution in [0.1, 0.15) is 36.1 Å². The monoisotopic (exact) mass is 365 g/mol. The lowest BCUT2D eigenvalue weighted by atomic mass is 9.98. The zero-order valence-corrected chi connectivity index (χ0v) is 14.8. The van der Waals surface area contributed by atoms with Gasteiger partial charge in [-0.1, -0.05) is 64.3 Å². The van der Waals surface area contributed by atoms with Crippen LogP contribution in [0.25, 0.3) is 0 Å². The van der Waals surface area contributed by atoms with Gasteiger partial charge in [0, 0.05) is 15.5 Å². The van der Waals surface area contributed by atoms with Gasteiger partial charge >= 0.3 is 0 Å². The van der Waals surface area contributed by atoms with Crippen molar-refractivity contribution in [3.8, 4) is 0 Å². The highest BCUT2D eigenvalue weighted by Crippen LogP contribution is 2.29. The van der Waals surface area contributed by atoms with E-state index in [1.807, 2.05) is 18.2 Å². The van der Waals surface area contributed by atoms with Crippen LogP contribution < -0.4 is 5.32 Å². The van der Waals surface area contributed by atoms with Gasteiger partial charge in [-0.05, 0) is 55.6 Å². The van der Waals surface area contributed by atoms with Gasteiger partial charge < -0.3 is 5.32 Å². The molecule has 0 amide bonds. The smallest absolute Gasteiger partial charge is 0.0410 e. The molecule has 3 heteroatoms. The minimum Gasteiger partial charge on any atom is -0.310 e. The van der Waals surface area contributed by atoms with E-state index in [9.17, 15) is 0 Å². The number of benzene rings is 2. The van der Waals surface area contributed by atoms with Gasteiger partial charge in [0.25, 0.3) is 0 Å². The normalized spacial score (nSPS) is 12.4. The number of rotatable bonds is 6. The second-order valence-electron chi connectivity index (χ2n) is 5.36. The molecular weight excluding hydrogens is 346 g/mol. The lowest BCUT2D eigenvalue weighted by Crippen LogP contribution is -2.24. The van der Waals surface area contributed by atoms with E-state index >= 15 is 0 Å². The molecule has 0 aliphatic heterocycles. The van der Waals surface area contributed by atoms with Gasteiger partial charge in [-0.15, -0.1) is 0 Å². The van der Waals surface area contributed by atoms with E-state index in [0.29, 0.717) is 0 Å². The Morgan fingerprint density at radius 3 is 2.52 bits per heavy atom. The Morgan fingerprint density at radius 2 is 1.86 bits per heavy atom. The summed E-state index contributed by atoms with van der Waals surface area (Å²) in [5.41, 5.74) is 3.85. The van der Waals surface area contributed by atoms with Crippen LogP contribution in [0.15, 0.2) is 46.9 Å². The van der Waals surface area contributed by atoms with Crippen molar-refractivity contribution in [2.45, 2.75) is 32.7 Å². The Kier molecular flexibility index (Phi) is 6.28. The average Bonchev–Trinajstić information content (AvgIpc) is 2.48. The second kappa shape index (κ2) is 7.98. The van der Waals surface area contributed by atoms with Crippen LogP contribution in [-0.4, -0.2) is 6.54 Å². The Hall–Kier alpha value is -0.830. The molecule has 0 radical (unpaired) electrons. The summed E-state index contributed by atoms with van der Waals surface area (Å²) < 4.78 is 1.10. The van der Waals surface area contributed by atoms with E-state index in [2.05, 4.69) is 59.4 Å². The quantitative estimate of drug-likeness (QED) is 0.692. The lowest BCUT2D eigenvalue weighted by molar-refractivity contribution is 0.527. The SMILES string of the molecule is CCCNC(Cc1ccc(C)cc1)c1cc(Cl)ccc1Br. The molecule has 2 aromatic rings. The van der Waals surface area contributed by atoms with Crippen molar-refractivity contribution >= 4 is 27.5 Å². The van der Waals surface area contributed by atoms with Gasteiger partial charge in [-0.3, -0.25) is 0 Å². The Labute approximate surface area is 140 Å². The van der Waals surface area contributed by atoms with Crippen LogP contribution in [0.3, 0.4) is 0 Å². The summed E-state index contributed by atoms with van der Waals surface area (Å²) in [7, 11) is 0. The highest BCUT2D eigenvalue weighted by molar-refractivity contribution is 9.10. The average molecular weight is 367 g/mol. The van der Waals surface area contributed by atoms with Crippen LogP contribution >= 0.6 is 27.5 Å². The largest absolute Gasteiger partial charge is 0.310 e. The minimum absolute atomic E-state index is 0.265. The molecule has 1 N–H and O–H groups in total. The summed E-state index contributed by atoms with van der Waals surface area (Å²) >= 11 is 9.82. The van der Waals surface area contributed by atoms with Crippen molar-refractivity contribution in [3.05, 3.63) is 68.7 Å². The third kappa shape index (κ3) is 4.84. The third-order valence-electron chi connectivity index (χ3n) is 3.53. The van der Waals surface area contributed by atoms with Crippen LogP contribution in [0.4, 0.5) is 0 Å². The Balaban J connectivity index is 2.25. The number of halogens is 2. The number of aryl methyl sites for hydroxylation is 1. The summed E-state index contributed by atoms with van der Waals surface area (Å²) in [6.07, 6.45) is 2.07. The van der Waals surface area contributed by atoms with Crippen molar-refractivity contribution in [1.29, 1.82) is 0 Å². The highest BCUT2D eigenvalue weighted by Gasteiger charge is 2.15. The first-order chi connectivity index (χ1) is 10.1. The van der Waals surface area contributed by atoms with Crippen LogP contribution in [0, 0.1) is 6.92 Å². The third-order valence-corrected chi connectivity index (χ3v) is 4.49. The van der Waals surface area contributed by atoms with Gasteiger partial charge in [0.15, 0.2) is 0 Å². The molecule has 21 heavy (non-hydrogen) atoms. The zero-order valence-electron chi connectivity index (χ0n) is 12.5. The molecule has 0 bridgehead atoms. The predicted octanol–water partition coefficient (Wildman–Crippen LogP) is 5.69. The molecule has 1 nitrogen and oxygen atoms in total. The van der Waals surface area contributed by atoms with Gasteiger partial charge in [0.2, 0.25) is 0 Å². The predicted molar refractivity (Wildman–Crippen MR) is 95.1 cm³/mol. The summed E-state index contributed by atoms with van der Waals surface area (Å²) in [5, 5.41) is 4.41. The molecule has 1 unspecified atom stereocenters. The number of hydrogen-bond donors (Lipinski definition) is 1. The fraction of sp³-hybridized carbons (Fsp3) is 0.333. The minimum atomic E-state index is 0.265. The van der Waals surface area contributed by atoms with E-state index < -0.39 is 0 Å². The van der Waals surface area contributed by atoms with E-state index in [-0.39, 0.29) is 6.04 Å². The maximum Gasteiger partial charge on any atom is 0.0410 e. The molecule has 0 saturated heterocycles. The molecule has 0 fully saturated rings. The van der Waals surface area contributed by atoms with Gasteiger partial charge in [-0.25, -0.2) is 0 Å². The first kappa shape index (κ1) is 16.5. The maximum atomic E-state index is 6.17. The van der Waals surface area contributed by atoms with Crippen LogP contribution in [0.2, 0.25) is 5.02 Å². The molecule has 1 atom stereocenters. The Bertz CT molecular complexity index is 580. The first-order valence-electron chi connectivity index (χ1n) is 7.34. The summed E-state index contributed by atoms with van der Waals surface area (Å²) in [5.74, 6) is 0. The maximum absolute atomic E-state index is 6.17. The fourth-order valence-corrected chi connectivity index (χ4v) is 3.06. The van der Waals surface area contributed by atoms with E-state index in [1.54, 1.807) is 0 Å². The van der Waals surface area contributed by atoms with Crippen LogP contribution in [-0.2, 0) is 6.42 Å². The lowest BCUT2D eigenvalue weighted by Gasteiger charge is -2.21. The van der Waals surface area contributed by atoms with E-state index in [1.165, 1.54) is 16.7 Å². The molecule has 2 aromatic carbocycles.